The fourth-order valence-corrected chi connectivity index (χ4v) is 1.55. The van der Waals surface area contributed by atoms with Crippen molar-refractivity contribution in [3.63, 3.8) is 0 Å². The summed E-state index contributed by atoms with van der Waals surface area (Å²) in [7, 11) is 0. The lowest BCUT2D eigenvalue weighted by molar-refractivity contribution is 0.151. The van der Waals surface area contributed by atoms with Crippen LogP contribution in [0.4, 0.5) is 8.78 Å². The van der Waals surface area contributed by atoms with Crippen LogP contribution in [0.5, 0.6) is 0 Å². The van der Waals surface area contributed by atoms with Gasteiger partial charge in [0.2, 0.25) is 0 Å². The summed E-state index contributed by atoms with van der Waals surface area (Å²) < 4.78 is 24.7. The highest BCUT2D eigenvalue weighted by Crippen LogP contribution is 2.25. The van der Waals surface area contributed by atoms with E-state index in [1.54, 1.807) is 18.2 Å². The van der Waals surface area contributed by atoms with E-state index in [1.165, 1.54) is 12.1 Å². The van der Waals surface area contributed by atoms with Crippen LogP contribution in [0.2, 0.25) is 5.02 Å². The number of hydrogen-bond acceptors (Lipinski definition) is 0. The first-order valence-corrected chi connectivity index (χ1v) is 4.52. The van der Waals surface area contributed by atoms with E-state index in [4.69, 9.17) is 11.6 Å². The summed E-state index contributed by atoms with van der Waals surface area (Å²) in [6, 6.07) is 9.81. The number of rotatable bonds is 1. The van der Waals surface area contributed by atoms with Crippen molar-refractivity contribution in [1.29, 1.82) is 0 Å². The van der Waals surface area contributed by atoms with Crippen LogP contribution in [0.15, 0.2) is 36.4 Å². The highest BCUT2D eigenvalue weighted by molar-refractivity contribution is 6.31. The zero-order chi connectivity index (χ0) is 10.1. The summed E-state index contributed by atoms with van der Waals surface area (Å²) in [4.78, 5) is 0. The summed E-state index contributed by atoms with van der Waals surface area (Å²) >= 11 is 5.76. The molecule has 0 spiro atoms. The van der Waals surface area contributed by atoms with Crippen molar-refractivity contribution < 1.29 is 8.78 Å². The Morgan fingerprint density at radius 2 is 1.64 bits per heavy atom. The van der Waals surface area contributed by atoms with Crippen LogP contribution in [0.1, 0.15) is 12.0 Å². The molecule has 0 aliphatic rings. The molecule has 0 nitrogen and oxygen atoms in total. The van der Waals surface area contributed by atoms with Gasteiger partial charge >= 0.3 is 0 Å². The van der Waals surface area contributed by atoms with Crippen molar-refractivity contribution in [1.82, 2.24) is 0 Å². The van der Waals surface area contributed by atoms with Crippen molar-refractivity contribution in [2.24, 2.45) is 0 Å². The fraction of sp³-hybridized carbons (Fsp3) is 0.0909. The standard InChI is InChI=1S/C11H7ClF2/c12-10-4-3-7-1-2-8(11(13)14)5-9(7)6-10/h1-6,11H. The third-order valence-electron chi connectivity index (χ3n) is 2.08. The number of benzene rings is 2. The molecule has 0 aromatic heterocycles. The van der Waals surface area contributed by atoms with Crippen molar-refractivity contribution >= 4 is 22.4 Å². The van der Waals surface area contributed by atoms with Gasteiger partial charge in [-0.1, -0.05) is 29.8 Å². The lowest BCUT2D eigenvalue weighted by atomic mass is 10.1. The smallest absolute Gasteiger partial charge is 0.205 e. The molecule has 14 heavy (non-hydrogen) atoms. The van der Waals surface area contributed by atoms with Gasteiger partial charge in [0.25, 0.3) is 6.43 Å². The Balaban J connectivity index is 2.63. The van der Waals surface area contributed by atoms with Crippen LogP contribution in [0.3, 0.4) is 0 Å². The summed E-state index contributed by atoms with van der Waals surface area (Å²) in [5.74, 6) is 0. The molecule has 3 heteroatoms. The van der Waals surface area contributed by atoms with E-state index in [1.807, 2.05) is 6.07 Å². The van der Waals surface area contributed by atoms with Crippen molar-refractivity contribution in [2.45, 2.75) is 6.43 Å². The molecule has 0 aliphatic carbocycles. The summed E-state index contributed by atoms with van der Waals surface area (Å²) in [5, 5.41) is 2.22. The second-order valence-electron chi connectivity index (χ2n) is 3.05. The largest absolute Gasteiger partial charge is 0.263 e. The van der Waals surface area contributed by atoms with Crippen molar-refractivity contribution in [3.8, 4) is 0 Å². The quantitative estimate of drug-likeness (QED) is 0.656. The molecule has 0 radical (unpaired) electrons. The van der Waals surface area contributed by atoms with E-state index in [-0.39, 0.29) is 5.56 Å². The molecule has 2 aromatic carbocycles. The van der Waals surface area contributed by atoms with Crippen LogP contribution in [-0.4, -0.2) is 0 Å². The molecule has 0 N–H and O–H groups in total. The Hall–Kier alpha value is -1.15. The minimum Gasteiger partial charge on any atom is -0.205 e. The van der Waals surface area contributed by atoms with E-state index < -0.39 is 6.43 Å². The molecular weight excluding hydrogens is 206 g/mol. The lowest BCUT2D eigenvalue weighted by Crippen LogP contribution is -1.83. The lowest BCUT2D eigenvalue weighted by Gasteiger charge is -2.02. The SMILES string of the molecule is FC(F)c1ccc2ccc(Cl)cc2c1. The molecule has 0 atom stereocenters. The van der Waals surface area contributed by atoms with Crippen LogP contribution >= 0.6 is 11.6 Å². The Kier molecular flexibility index (Phi) is 2.38. The second kappa shape index (κ2) is 3.54. The van der Waals surface area contributed by atoms with Gasteiger partial charge in [0.1, 0.15) is 0 Å². The Bertz CT molecular complexity index is 466. The third kappa shape index (κ3) is 1.70. The van der Waals surface area contributed by atoms with Gasteiger partial charge < -0.3 is 0 Å². The zero-order valence-electron chi connectivity index (χ0n) is 7.18. The maximum absolute atomic E-state index is 12.4. The maximum Gasteiger partial charge on any atom is 0.263 e. The Labute approximate surface area is 85.1 Å². The summed E-state index contributed by atoms with van der Waals surface area (Å²) in [6.45, 7) is 0. The van der Waals surface area contributed by atoms with Gasteiger partial charge in [0, 0.05) is 10.6 Å². The predicted molar refractivity (Wildman–Crippen MR) is 53.9 cm³/mol. The van der Waals surface area contributed by atoms with Crippen LogP contribution in [-0.2, 0) is 0 Å². The number of halogens is 3. The minimum atomic E-state index is -2.43. The molecule has 0 fully saturated rings. The molecule has 2 rings (SSSR count). The van der Waals surface area contributed by atoms with Crippen LogP contribution in [0, 0.1) is 0 Å². The second-order valence-corrected chi connectivity index (χ2v) is 3.49. The highest BCUT2D eigenvalue weighted by atomic mass is 35.5. The molecule has 0 unspecified atom stereocenters. The van der Waals surface area contributed by atoms with Gasteiger partial charge in [-0.3, -0.25) is 0 Å². The fourth-order valence-electron chi connectivity index (χ4n) is 1.37. The molecule has 0 amide bonds. The number of alkyl halides is 2. The predicted octanol–water partition coefficient (Wildman–Crippen LogP) is 4.43. The summed E-state index contributed by atoms with van der Waals surface area (Å²) in [5.41, 5.74) is 0.0276. The number of hydrogen-bond donors (Lipinski definition) is 0. The molecule has 0 saturated heterocycles. The topological polar surface area (TPSA) is 0 Å². The van der Waals surface area contributed by atoms with E-state index in [2.05, 4.69) is 0 Å². The van der Waals surface area contributed by atoms with E-state index >= 15 is 0 Å². The minimum absolute atomic E-state index is 0.0276. The monoisotopic (exact) mass is 212 g/mol. The highest BCUT2D eigenvalue weighted by Gasteiger charge is 2.06. The average molecular weight is 213 g/mol. The van der Waals surface area contributed by atoms with Gasteiger partial charge in [0.05, 0.1) is 0 Å². The van der Waals surface area contributed by atoms with Crippen molar-refractivity contribution in [3.05, 3.63) is 47.0 Å². The molecule has 0 bridgehead atoms. The van der Waals surface area contributed by atoms with Crippen LogP contribution < -0.4 is 0 Å². The van der Waals surface area contributed by atoms with Gasteiger partial charge in [-0.05, 0) is 29.0 Å². The first-order chi connectivity index (χ1) is 6.66. The van der Waals surface area contributed by atoms with Gasteiger partial charge in [-0.15, -0.1) is 0 Å². The van der Waals surface area contributed by atoms with E-state index in [0.29, 0.717) is 5.02 Å². The molecule has 72 valence electrons. The zero-order valence-corrected chi connectivity index (χ0v) is 7.93. The normalized spacial score (nSPS) is 11.1. The van der Waals surface area contributed by atoms with Gasteiger partial charge in [0.15, 0.2) is 0 Å². The van der Waals surface area contributed by atoms with Gasteiger partial charge in [-0.25, -0.2) is 8.78 Å². The molecular formula is C11H7ClF2. The molecule has 0 heterocycles. The number of fused-ring (bicyclic) bond motifs is 1. The Morgan fingerprint density at radius 3 is 2.36 bits per heavy atom. The molecule has 0 aliphatic heterocycles. The molecule has 0 saturated carbocycles. The molecule has 2 aromatic rings. The van der Waals surface area contributed by atoms with Crippen LogP contribution in [0.25, 0.3) is 10.8 Å². The first-order valence-electron chi connectivity index (χ1n) is 4.14. The van der Waals surface area contributed by atoms with E-state index in [0.717, 1.165) is 10.8 Å². The maximum atomic E-state index is 12.4. The van der Waals surface area contributed by atoms with E-state index in [9.17, 15) is 8.78 Å². The summed E-state index contributed by atoms with van der Waals surface area (Å²) in [6.07, 6.45) is -2.43. The first kappa shape index (κ1) is 9.41. The van der Waals surface area contributed by atoms with Crippen molar-refractivity contribution in [2.75, 3.05) is 0 Å². The van der Waals surface area contributed by atoms with Gasteiger partial charge in [-0.2, -0.15) is 0 Å². The Morgan fingerprint density at radius 1 is 0.929 bits per heavy atom. The third-order valence-corrected chi connectivity index (χ3v) is 2.31. The average Bonchev–Trinajstić information content (AvgIpc) is 2.16.